The highest BCUT2D eigenvalue weighted by atomic mass is 19.4. The van der Waals surface area contributed by atoms with E-state index in [1.54, 1.807) is 18.2 Å². The molecule has 0 aliphatic carbocycles. The molecule has 21 heavy (non-hydrogen) atoms. The molecule has 0 aromatic heterocycles. The number of aldehydes is 1. The van der Waals surface area contributed by atoms with E-state index in [1.807, 2.05) is 11.0 Å². The van der Waals surface area contributed by atoms with Crippen LogP contribution < -0.4 is 4.90 Å². The van der Waals surface area contributed by atoms with Gasteiger partial charge in [-0.3, -0.25) is 4.79 Å². The Bertz CT molecular complexity index is 694. The van der Waals surface area contributed by atoms with Gasteiger partial charge in [0.05, 0.1) is 5.56 Å². The number of halogens is 3. The highest BCUT2D eigenvalue weighted by Crippen LogP contribution is 2.38. The van der Waals surface area contributed by atoms with Gasteiger partial charge in [-0.25, -0.2) is 0 Å². The fourth-order valence-corrected chi connectivity index (χ4v) is 2.69. The summed E-state index contributed by atoms with van der Waals surface area (Å²) in [5.41, 5.74) is 2.12. The Kier molecular flexibility index (Phi) is 3.20. The number of alkyl halides is 3. The number of anilines is 2. The van der Waals surface area contributed by atoms with Gasteiger partial charge in [-0.2, -0.15) is 13.2 Å². The average Bonchev–Trinajstić information content (AvgIpc) is 2.90. The number of nitrogens with zero attached hydrogens (tertiary/aromatic N) is 1. The minimum Gasteiger partial charge on any atom is -0.341 e. The topological polar surface area (TPSA) is 20.3 Å². The van der Waals surface area contributed by atoms with Crippen molar-refractivity contribution in [3.8, 4) is 0 Å². The standard InChI is InChI=1S/C16H12F3NO/c17-16(18,19)12-4-2-5-13(9-12)20-8-7-14-11(10-21)3-1-6-15(14)20/h1-6,9-10H,7-8H2. The predicted octanol–water partition coefficient (Wildman–Crippen LogP) is 4.21. The summed E-state index contributed by atoms with van der Waals surface area (Å²) in [6.07, 6.45) is -2.92. The summed E-state index contributed by atoms with van der Waals surface area (Å²) in [4.78, 5) is 12.8. The lowest BCUT2D eigenvalue weighted by molar-refractivity contribution is -0.137. The Hall–Kier alpha value is -2.30. The number of benzene rings is 2. The van der Waals surface area contributed by atoms with Crippen LogP contribution in [0.3, 0.4) is 0 Å². The summed E-state index contributed by atoms with van der Waals surface area (Å²) in [5.74, 6) is 0. The number of rotatable bonds is 2. The van der Waals surface area contributed by atoms with E-state index in [0.29, 0.717) is 24.2 Å². The lowest BCUT2D eigenvalue weighted by Crippen LogP contribution is -2.14. The first kappa shape index (κ1) is 13.7. The monoisotopic (exact) mass is 291 g/mol. The van der Waals surface area contributed by atoms with Crippen molar-refractivity contribution < 1.29 is 18.0 Å². The molecule has 0 atom stereocenters. The van der Waals surface area contributed by atoms with Crippen LogP contribution in [0.25, 0.3) is 0 Å². The Morgan fingerprint density at radius 1 is 1.10 bits per heavy atom. The summed E-state index contributed by atoms with van der Waals surface area (Å²) >= 11 is 0. The molecule has 0 radical (unpaired) electrons. The second-order valence-corrected chi connectivity index (χ2v) is 4.91. The van der Waals surface area contributed by atoms with Crippen molar-refractivity contribution in [3.63, 3.8) is 0 Å². The fourth-order valence-electron chi connectivity index (χ4n) is 2.69. The Balaban J connectivity index is 2.04. The number of hydrogen-bond acceptors (Lipinski definition) is 2. The zero-order valence-electron chi connectivity index (χ0n) is 11.0. The summed E-state index contributed by atoms with van der Waals surface area (Å²) in [7, 11) is 0. The average molecular weight is 291 g/mol. The normalized spacial score (nSPS) is 14.1. The Labute approximate surface area is 119 Å². The molecule has 108 valence electrons. The first-order valence-electron chi connectivity index (χ1n) is 6.52. The minimum absolute atomic E-state index is 0.492. The highest BCUT2D eigenvalue weighted by molar-refractivity contribution is 5.84. The van der Waals surface area contributed by atoms with E-state index in [2.05, 4.69) is 0 Å². The first-order valence-corrected chi connectivity index (χ1v) is 6.52. The van der Waals surface area contributed by atoms with Gasteiger partial charge in [0, 0.05) is 23.5 Å². The zero-order valence-corrected chi connectivity index (χ0v) is 11.0. The second kappa shape index (κ2) is 4.91. The lowest BCUT2D eigenvalue weighted by Gasteiger charge is -2.21. The van der Waals surface area contributed by atoms with Crippen LogP contribution in [0.1, 0.15) is 21.5 Å². The maximum atomic E-state index is 12.8. The molecule has 3 rings (SSSR count). The molecule has 0 bridgehead atoms. The molecule has 0 N–H and O–H groups in total. The van der Waals surface area contributed by atoms with Gasteiger partial charge in [-0.1, -0.05) is 18.2 Å². The van der Waals surface area contributed by atoms with Crippen molar-refractivity contribution >= 4 is 17.7 Å². The van der Waals surface area contributed by atoms with Crippen molar-refractivity contribution in [1.82, 2.24) is 0 Å². The van der Waals surface area contributed by atoms with E-state index >= 15 is 0 Å². The van der Waals surface area contributed by atoms with Gasteiger partial charge in [-0.15, -0.1) is 0 Å². The molecule has 0 spiro atoms. The van der Waals surface area contributed by atoms with E-state index in [1.165, 1.54) is 6.07 Å². The van der Waals surface area contributed by atoms with Gasteiger partial charge in [0.2, 0.25) is 0 Å². The van der Waals surface area contributed by atoms with Crippen LogP contribution in [-0.2, 0) is 12.6 Å². The quantitative estimate of drug-likeness (QED) is 0.772. The molecule has 2 aromatic carbocycles. The van der Waals surface area contributed by atoms with Gasteiger partial charge >= 0.3 is 6.18 Å². The smallest absolute Gasteiger partial charge is 0.341 e. The van der Waals surface area contributed by atoms with Crippen LogP contribution in [0.4, 0.5) is 24.5 Å². The molecule has 0 unspecified atom stereocenters. The summed E-state index contributed by atoms with van der Waals surface area (Å²) in [6, 6.07) is 10.5. The van der Waals surface area contributed by atoms with Crippen LogP contribution >= 0.6 is 0 Å². The number of fused-ring (bicyclic) bond motifs is 1. The number of hydrogen-bond donors (Lipinski definition) is 0. The largest absolute Gasteiger partial charge is 0.416 e. The van der Waals surface area contributed by atoms with Gasteiger partial charge < -0.3 is 4.90 Å². The fraction of sp³-hybridized carbons (Fsp3) is 0.188. The molecular formula is C16H12F3NO. The Morgan fingerprint density at radius 3 is 2.57 bits per heavy atom. The zero-order chi connectivity index (χ0) is 15.0. The van der Waals surface area contributed by atoms with Crippen LogP contribution in [0, 0.1) is 0 Å². The van der Waals surface area contributed by atoms with Crippen LogP contribution in [-0.4, -0.2) is 12.8 Å². The van der Waals surface area contributed by atoms with E-state index in [-0.39, 0.29) is 0 Å². The number of carbonyl (C=O) groups is 1. The lowest BCUT2D eigenvalue weighted by atomic mass is 10.1. The summed E-state index contributed by atoms with van der Waals surface area (Å²) in [5, 5.41) is 0. The molecule has 0 saturated heterocycles. The Morgan fingerprint density at radius 2 is 1.86 bits per heavy atom. The molecule has 0 saturated carbocycles. The predicted molar refractivity (Wildman–Crippen MR) is 74.0 cm³/mol. The number of carbonyl (C=O) groups excluding carboxylic acids is 1. The van der Waals surface area contributed by atoms with Crippen molar-refractivity contribution in [2.24, 2.45) is 0 Å². The van der Waals surface area contributed by atoms with Crippen LogP contribution in [0.15, 0.2) is 42.5 Å². The van der Waals surface area contributed by atoms with Crippen molar-refractivity contribution in [2.75, 3.05) is 11.4 Å². The third-order valence-corrected chi connectivity index (χ3v) is 3.68. The third-order valence-electron chi connectivity index (χ3n) is 3.68. The van der Waals surface area contributed by atoms with Gasteiger partial charge in [0.15, 0.2) is 0 Å². The molecule has 1 aliphatic rings. The maximum Gasteiger partial charge on any atom is 0.416 e. The van der Waals surface area contributed by atoms with Crippen LogP contribution in [0.2, 0.25) is 0 Å². The van der Waals surface area contributed by atoms with E-state index in [4.69, 9.17) is 0 Å². The van der Waals surface area contributed by atoms with Gasteiger partial charge in [0.1, 0.15) is 6.29 Å². The van der Waals surface area contributed by atoms with E-state index in [0.717, 1.165) is 29.7 Å². The molecule has 1 heterocycles. The van der Waals surface area contributed by atoms with Crippen molar-refractivity contribution in [3.05, 3.63) is 59.2 Å². The molecule has 2 aromatic rings. The molecule has 0 amide bonds. The van der Waals surface area contributed by atoms with E-state index < -0.39 is 11.7 Å². The second-order valence-electron chi connectivity index (χ2n) is 4.91. The molecule has 0 fully saturated rings. The summed E-state index contributed by atoms with van der Waals surface area (Å²) in [6.45, 7) is 0.571. The SMILES string of the molecule is O=Cc1cccc2c1CCN2c1cccc(C(F)(F)F)c1. The third kappa shape index (κ3) is 2.39. The molecule has 5 heteroatoms. The first-order chi connectivity index (χ1) is 10.0. The van der Waals surface area contributed by atoms with Crippen molar-refractivity contribution in [1.29, 1.82) is 0 Å². The summed E-state index contributed by atoms with van der Waals surface area (Å²) < 4.78 is 38.4. The van der Waals surface area contributed by atoms with E-state index in [9.17, 15) is 18.0 Å². The molecule has 2 nitrogen and oxygen atoms in total. The van der Waals surface area contributed by atoms with Crippen LogP contribution in [0.5, 0.6) is 0 Å². The molecule has 1 aliphatic heterocycles. The highest BCUT2D eigenvalue weighted by Gasteiger charge is 2.31. The van der Waals surface area contributed by atoms with Gasteiger partial charge in [0.25, 0.3) is 0 Å². The molecular weight excluding hydrogens is 279 g/mol. The maximum absolute atomic E-state index is 12.8. The van der Waals surface area contributed by atoms with Crippen molar-refractivity contribution in [2.45, 2.75) is 12.6 Å². The minimum atomic E-state index is -4.36. The van der Waals surface area contributed by atoms with Gasteiger partial charge in [-0.05, 0) is 36.2 Å².